The zero-order valence-corrected chi connectivity index (χ0v) is 13.0. The van der Waals surface area contributed by atoms with Gasteiger partial charge in [0.05, 0.1) is 11.7 Å². The molecule has 116 valence electrons. The number of carbonyl (C=O) groups excluding carboxylic acids is 1. The number of urea groups is 1. The number of hydrogen-bond donors (Lipinski definition) is 2. The second-order valence-electron chi connectivity index (χ2n) is 4.82. The lowest BCUT2D eigenvalue weighted by Crippen LogP contribution is -2.35. The lowest BCUT2D eigenvalue weighted by Gasteiger charge is -2.28. The van der Waals surface area contributed by atoms with E-state index in [1.54, 1.807) is 30.3 Å². The number of nitrogens with zero attached hydrogens (tertiary/aromatic N) is 2. The SMILES string of the molecule is CN(C(=O)Nc1cccnc1Cl)C(CCO)c1ccccc1. The fraction of sp³-hybridized carbons (Fsp3) is 0.250. The first kappa shape index (κ1) is 16.3. The third-order valence-corrected chi connectivity index (χ3v) is 3.68. The molecule has 0 aliphatic rings. The number of aliphatic hydroxyl groups excluding tert-OH is 1. The fourth-order valence-corrected chi connectivity index (χ4v) is 2.37. The van der Waals surface area contributed by atoms with Crippen LogP contribution in [0.1, 0.15) is 18.0 Å². The molecule has 0 fully saturated rings. The van der Waals surface area contributed by atoms with Gasteiger partial charge in [0.15, 0.2) is 5.15 Å². The van der Waals surface area contributed by atoms with Crippen molar-refractivity contribution in [2.24, 2.45) is 0 Å². The quantitative estimate of drug-likeness (QED) is 0.831. The Morgan fingerprint density at radius 2 is 2.05 bits per heavy atom. The number of amides is 2. The van der Waals surface area contributed by atoms with Crippen LogP contribution in [0.15, 0.2) is 48.7 Å². The van der Waals surface area contributed by atoms with Crippen molar-refractivity contribution in [2.45, 2.75) is 12.5 Å². The molecule has 6 heteroatoms. The lowest BCUT2D eigenvalue weighted by molar-refractivity contribution is 0.184. The van der Waals surface area contributed by atoms with Gasteiger partial charge in [-0.1, -0.05) is 41.9 Å². The van der Waals surface area contributed by atoms with Crippen molar-refractivity contribution in [1.82, 2.24) is 9.88 Å². The maximum absolute atomic E-state index is 12.4. The predicted octanol–water partition coefficient (Wildman–Crippen LogP) is 3.32. The molecule has 0 spiro atoms. The first-order chi connectivity index (χ1) is 10.6. The predicted molar refractivity (Wildman–Crippen MR) is 86.9 cm³/mol. The standard InChI is InChI=1S/C16H18ClN3O2/c1-20(14(9-11-21)12-6-3-2-4-7-12)16(22)19-13-8-5-10-18-15(13)17/h2-8,10,14,21H,9,11H2,1H3,(H,19,22). The zero-order chi connectivity index (χ0) is 15.9. The maximum atomic E-state index is 12.4. The Morgan fingerprint density at radius 3 is 2.68 bits per heavy atom. The van der Waals surface area contributed by atoms with Crippen LogP contribution in [-0.2, 0) is 0 Å². The second-order valence-corrected chi connectivity index (χ2v) is 5.18. The molecule has 0 aliphatic heterocycles. The molecule has 0 saturated carbocycles. The van der Waals surface area contributed by atoms with Crippen LogP contribution in [0.4, 0.5) is 10.5 Å². The number of nitrogens with one attached hydrogen (secondary N) is 1. The third kappa shape index (κ3) is 3.96. The molecule has 0 saturated heterocycles. The van der Waals surface area contributed by atoms with Crippen LogP contribution >= 0.6 is 11.6 Å². The van der Waals surface area contributed by atoms with Crippen LogP contribution in [0.2, 0.25) is 5.15 Å². The lowest BCUT2D eigenvalue weighted by atomic mass is 10.0. The van der Waals surface area contributed by atoms with Gasteiger partial charge < -0.3 is 15.3 Å². The fourth-order valence-electron chi connectivity index (χ4n) is 2.21. The molecule has 2 N–H and O–H groups in total. The Morgan fingerprint density at radius 1 is 1.32 bits per heavy atom. The first-order valence-electron chi connectivity index (χ1n) is 6.93. The second kappa shape index (κ2) is 7.77. The number of halogens is 1. The van der Waals surface area contributed by atoms with Crippen LogP contribution in [0.5, 0.6) is 0 Å². The number of hydrogen-bond acceptors (Lipinski definition) is 3. The maximum Gasteiger partial charge on any atom is 0.322 e. The summed E-state index contributed by atoms with van der Waals surface area (Å²) in [6.07, 6.45) is 2.01. The van der Waals surface area contributed by atoms with Crippen LogP contribution in [0.25, 0.3) is 0 Å². The number of aromatic nitrogens is 1. The Kier molecular flexibility index (Phi) is 5.75. The van der Waals surface area contributed by atoms with E-state index in [0.29, 0.717) is 12.1 Å². The van der Waals surface area contributed by atoms with Crippen molar-refractivity contribution in [3.63, 3.8) is 0 Å². The molecular weight excluding hydrogens is 302 g/mol. The van der Waals surface area contributed by atoms with Gasteiger partial charge in [-0.2, -0.15) is 0 Å². The van der Waals surface area contributed by atoms with Crippen LogP contribution in [0.3, 0.4) is 0 Å². The summed E-state index contributed by atoms with van der Waals surface area (Å²) in [5.41, 5.74) is 1.42. The molecule has 1 atom stereocenters. The Balaban J connectivity index is 2.15. The third-order valence-electron chi connectivity index (χ3n) is 3.38. The van der Waals surface area contributed by atoms with Gasteiger partial charge in [-0.3, -0.25) is 0 Å². The van der Waals surface area contributed by atoms with E-state index in [9.17, 15) is 9.90 Å². The number of aliphatic hydroxyl groups is 1. The molecule has 2 amide bonds. The summed E-state index contributed by atoms with van der Waals surface area (Å²) in [5, 5.41) is 12.2. The molecule has 1 unspecified atom stereocenters. The minimum Gasteiger partial charge on any atom is -0.396 e. The van der Waals surface area contributed by atoms with Crippen molar-refractivity contribution >= 4 is 23.3 Å². The average Bonchev–Trinajstić information content (AvgIpc) is 2.55. The number of rotatable bonds is 5. The molecule has 2 aromatic rings. The van der Waals surface area contributed by atoms with Gasteiger partial charge in [0.1, 0.15) is 0 Å². The number of benzene rings is 1. The number of anilines is 1. The largest absolute Gasteiger partial charge is 0.396 e. The molecule has 2 rings (SSSR count). The highest BCUT2D eigenvalue weighted by molar-refractivity contribution is 6.32. The van der Waals surface area contributed by atoms with Crippen molar-refractivity contribution in [3.05, 3.63) is 59.4 Å². The van der Waals surface area contributed by atoms with Crippen molar-refractivity contribution < 1.29 is 9.90 Å². The van der Waals surface area contributed by atoms with Gasteiger partial charge in [0, 0.05) is 19.9 Å². The molecule has 1 heterocycles. The molecule has 22 heavy (non-hydrogen) atoms. The average molecular weight is 320 g/mol. The van der Waals surface area contributed by atoms with Crippen molar-refractivity contribution in [1.29, 1.82) is 0 Å². The van der Waals surface area contributed by atoms with E-state index in [-0.39, 0.29) is 23.8 Å². The summed E-state index contributed by atoms with van der Waals surface area (Å²) < 4.78 is 0. The first-order valence-corrected chi connectivity index (χ1v) is 7.31. The Labute approximate surface area is 134 Å². The highest BCUT2D eigenvalue weighted by Crippen LogP contribution is 2.24. The van der Waals surface area contributed by atoms with Crippen molar-refractivity contribution in [3.8, 4) is 0 Å². The topological polar surface area (TPSA) is 65.5 Å². The van der Waals surface area contributed by atoms with Gasteiger partial charge in [-0.05, 0) is 24.1 Å². The van der Waals surface area contributed by atoms with Gasteiger partial charge in [-0.25, -0.2) is 9.78 Å². The summed E-state index contributed by atoms with van der Waals surface area (Å²) in [5.74, 6) is 0. The van der Waals surface area contributed by atoms with Crippen LogP contribution < -0.4 is 5.32 Å². The van der Waals surface area contributed by atoms with Crippen LogP contribution in [-0.4, -0.2) is 34.7 Å². The molecule has 0 radical (unpaired) electrons. The Hall–Kier alpha value is -2.11. The van der Waals surface area contributed by atoms with E-state index in [0.717, 1.165) is 5.56 Å². The molecule has 0 bridgehead atoms. The van der Waals surface area contributed by atoms with Crippen LogP contribution in [0, 0.1) is 0 Å². The summed E-state index contributed by atoms with van der Waals surface area (Å²) in [6.45, 7) is -0.00910. The van der Waals surface area contributed by atoms with E-state index in [2.05, 4.69) is 10.3 Å². The van der Waals surface area contributed by atoms with E-state index in [1.165, 1.54) is 0 Å². The summed E-state index contributed by atoms with van der Waals surface area (Å²) >= 11 is 5.95. The van der Waals surface area contributed by atoms with Gasteiger partial charge >= 0.3 is 6.03 Å². The Bertz CT molecular complexity index is 622. The normalized spacial score (nSPS) is 11.8. The molecule has 5 nitrogen and oxygen atoms in total. The smallest absolute Gasteiger partial charge is 0.322 e. The van der Waals surface area contributed by atoms with Gasteiger partial charge in [-0.15, -0.1) is 0 Å². The molecular formula is C16H18ClN3O2. The zero-order valence-electron chi connectivity index (χ0n) is 12.2. The number of carbonyl (C=O) groups is 1. The summed E-state index contributed by atoms with van der Waals surface area (Å²) in [7, 11) is 1.69. The van der Waals surface area contributed by atoms with E-state index < -0.39 is 0 Å². The van der Waals surface area contributed by atoms with Crippen molar-refractivity contribution in [2.75, 3.05) is 19.0 Å². The van der Waals surface area contributed by atoms with Gasteiger partial charge in [0.2, 0.25) is 0 Å². The minimum absolute atomic E-state index is 0.00910. The monoisotopic (exact) mass is 319 g/mol. The summed E-state index contributed by atoms with van der Waals surface area (Å²) in [6, 6.07) is 12.4. The molecule has 1 aromatic carbocycles. The number of pyridine rings is 1. The van der Waals surface area contributed by atoms with E-state index in [4.69, 9.17) is 11.6 Å². The highest BCUT2D eigenvalue weighted by Gasteiger charge is 2.21. The molecule has 1 aromatic heterocycles. The summed E-state index contributed by atoms with van der Waals surface area (Å²) in [4.78, 5) is 17.9. The van der Waals surface area contributed by atoms with E-state index in [1.807, 2.05) is 30.3 Å². The minimum atomic E-state index is -0.308. The van der Waals surface area contributed by atoms with Gasteiger partial charge in [0.25, 0.3) is 0 Å². The molecule has 0 aliphatic carbocycles. The van der Waals surface area contributed by atoms with E-state index >= 15 is 0 Å². The highest BCUT2D eigenvalue weighted by atomic mass is 35.5.